The van der Waals surface area contributed by atoms with Gasteiger partial charge < -0.3 is 9.88 Å². The average molecular weight is 404 g/mol. The van der Waals surface area contributed by atoms with Crippen LogP contribution in [0.2, 0.25) is 0 Å². The second kappa shape index (κ2) is 6.10. The number of halogens is 3. The number of anilines is 1. The van der Waals surface area contributed by atoms with E-state index in [0.717, 1.165) is 10.0 Å². The van der Waals surface area contributed by atoms with Gasteiger partial charge in [0.05, 0.1) is 4.47 Å². The summed E-state index contributed by atoms with van der Waals surface area (Å²) in [6.07, 6.45) is 1.84. The highest BCUT2D eigenvalue weighted by molar-refractivity contribution is 9.10. The standard InChI is InChI=1S/C14H13Br2FN2O/c1-3-19-7-9(15)5-13(19)14(20)18-12-6-11(17)10(16)4-8(12)2/h4-7H,3H2,1-2H3,(H,18,20). The highest BCUT2D eigenvalue weighted by Gasteiger charge is 2.14. The van der Waals surface area contributed by atoms with Crippen LogP contribution in [0, 0.1) is 12.7 Å². The first-order valence-electron chi connectivity index (χ1n) is 6.05. The van der Waals surface area contributed by atoms with E-state index in [1.807, 2.05) is 24.6 Å². The topological polar surface area (TPSA) is 34.0 Å². The summed E-state index contributed by atoms with van der Waals surface area (Å²) < 4.78 is 16.6. The number of carbonyl (C=O) groups excluding carboxylic acids is 1. The normalized spacial score (nSPS) is 10.7. The molecule has 0 aliphatic rings. The van der Waals surface area contributed by atoms with Crippen LogP contribution in [-0.4, -0.2) is 10.5 Å². The second-order valence-electron chi connectivity index (χ2n) is 4.36. The van der Waals surface area contributed by atoms with Crippen molar-refractivity contribution in [1.29, 1.82) is 0 Å². The summed E-state index contributed by atoms with van der Waals surface area (Å²) in [6.45, 7) is 4.45. The average Bonchev–Trinajstić information content (AvgIpc) is 2.77. The van der Waals surface area contributed by atoms with E-state index in [1.54, 1.807) is 12.1 Å². The van der Waals surface area contributed by atoms with Crippen LogP contribution in [0.3, 0.4) is 0 Å². The maximum Gasteiger partial charge on any atom is 0.272 e. The molecule has 2 rings (SSSR count). The third-order valence-electron chi connectivity index (χ3n) is 2.95. The first-order valence-corrected chi connectivity index (χ1v) is 7.63. The van der Waals surface area contributed by atoms with Gasteiger partial charge in [-0.25, -0.2) is 4.39 Å². The second-order valence-corrected chi connectivity index (χ2v) is 6.13. The fraction of sp³-hybridized carbons (Fsp3) is 0.214. The van der Waals surface area contributed by atoms with Crippen LogP contribution in [0.1, 0.15) is 23.0 Å². The number of nitrogens with one attached hydrogen (secondary N) is 1. The van der Waals surface area contributed by atoms with E-state index in [2.05, 4.69) is 37.2 Å². The van der Waals surface area contributed by atoms with Gasteiger partial charge in [-0.1, -0.05) is 0 Å². The molecule has 1 heterocycles. The number of rotatable bonds is 3. The Balaban J connectivity index is 2.30. The third-order valence-corrected chi connectivity index (χ3v) is 3.99. The minimum absolute atomic E-state index is 0.262. The van der Waals surface area contributed by atoms with E-state index in [1.165, 1.54) is 6.07 Å². The predicted octanol–water partition coefficient (Wildman–Crippen LogP) is 4.73. The van der Waals surface area contributed by atoms with Gasteiger partial charge in [0.1, 0.15) is 11.5 Å². The van der Waals surface area contributed by atoms with Gasteiger partial charge in [-0.15, -0.1) is 0 Å². The number of aromatic nitrogens is 1. The summed E-state index contributed by atoms with van der Waals surface area (Å²) in [5.74, 6) is -0.666. The van der Waals surface area contributed by atoms with Gasteiger partial charge >= 0.3 is 0 Å². The molecule has 106 valence electrons. The maximum absolute atomic E-state index is 13.6. The number of hydrogen-bond donors (Lipinski definition) is 1. The van der Waals surface area contributed by atoms with Gasteiger partial charge in [-0.05, 0) is 69.5 Å². The van der Waals surface area contributed by atoms with Crippen molar-refractivity contribution in [1.82, 2.24) is 4.57 Å². The van der Waals surface area contributed by atoms with Gasteiger partial charge in [0, 0.05) is 22.9 Å². The molecule has 1 amide bonds. The van der Waals surface area contributed by atoms with E-state index in [9.17, 15) is 9.18 Å². The van der Waals surface area contributed by atoms with Crippen molar-refractivity contribution in [2.75, 3.05) is 5.32 Å². The fourth-order valence-electron chi connectivity index (χ4n) is 1.89. The minimum Gasteiger partial charge on any atom is -0.343 e. The summed E-state index contributed by atoms with van der Waals surface area (Å²) in [5, 5.41) is 2.74. The van der Waals surface area contributed by atoms with Crippen LogP contribution in [0.4, 0.5) is 10.1 Å². The monoisotopic (exact) mass is 402 g/mol. The molecule has 0 atom stereocenters. The zero-order chi connectivity index (χ0) is 14.9. The molecule has 0 aliphatic carbocycles. The van der Waals surface area contributed by atoms with Gasteiger partial charge in [0.2, 0.25) is 0 Å². The van der Waals surface area contributed by atoms with Crippen LogP contribution in [0.5, 0.6) is 0 Å². The molecule has 1 N–H and O–H groups in total. The van der Waals surface area contributed by atoms with Crippen LogP contribution in [0.15, 0.2) is 33.3 Å². The Morgan fingerprint density at radius 1 is 1.35 bits per heavy atom. The molecular weight excluding hydrogens is 391 g/mol. The van der Waals surface area contributed by atoms with Crippen molar-refractivity contribution in [2.45, 2.75) is 20.4 Å². The molecule has 0 spiro atoms. The summed E-state index contributed by atoms with van der Waals surface area (Å²) in [7, 11) is 0. The van der Waals surface area contributed by atoms with Crippen LogP contribution < -0.4 is 5.32 Å². The molecule has 2 aromatic rings. The lowest BCUT2D eigenvalue weighted by Gasteiger charge is -2.11. The van der Waals surface area contributed by atoms with Crippen molar-refractivity contribution in [3.05, 3.63) is 50.4 Å². The fourth-order valence-corrected chi connectivity index (χ4v) is 2.82. The lowest BCUT2D eigenvalue weighted by molar-refractivity contribution is 0.101. The van der Waals surface area contributed by atoms with E-state index in [-0.39, 0.29) is 5.91 Å². The van der Waals surface area contributed by atoms with Gasteiger partial charge in [-0.2, -0.15) is 0 Å². The van der Waals surface area contributed by atoms with E-state index >= 15 is 0 Å². The molecule has 0 fully saturated rings. The predicted molar refractivity (Wildman–Crippen MR) is 84.6 cm³/mol. The maximum atomic E-state index is 13.6. The minimum atomic E-state index is -0.405. The summed E-state index contributed by atoms with van der Waals surface area (Å²) in [6, 6.07) is 4.69. The molecule has 0 radical (unpaired) electrons. The lowest BCUT2D eigenvalue weighted by Crippen LogP contribution is -2.17. The Labute approximate surface area is 133 Å². The molecule has 0 saturated carbocycles. The van der Waals surface area contributed by atoms with Crippen molar-refractivity contribution in [2.24, 2.45) is 0 Å². The highest BCUT2D eigenvalue weighted by atomic mass is 79.9. The summed E-state index contributed by atoms with van der Waals surface area (Å²) in [5.41, 5.74) is 1.79. The Morgan fingerprint density at radius 3 is 2.70 bits per heavy atom. The number of amides is 1. The molecule has 0 bridgehead atoms. The van der Waals surface area contributed by atoms with Crippen LogP contribution in [0.25, 0.3) is 0 Å². The number of aryl methyl sites for hydroxylation is 2. The van der Waals surface area contributed by atoms with Crippen molar-refractivity contribution in [3.8, 4) is 0 Å². The van der Waals surface area contributed by atoms with E-state index in [4.69, 9.17) is 0 Å². The van der Waals surface area contributed by atoms with E-state index < -0.39 is 5.82 Å². The molecule has 1 aromatic heterocycles. The largest absolute Gasteiger partial charge is 0.343 e. The number of nitrogens with zero attached hydrogens (tertiary/aromatic N) is 1. The smallest absolute Gasteiger partial charge is 0.272 e. The summed E-state index contributed by atoms with van der Waals surface area (Å²) in [4.78, 5) is 12.3. The first-order chi connectivity index (χ1) is 9.42. The molecule has 3 nitrogen and oxygen atoms in total. The quantitative estimate of drug-likeness (QED) is 0.789. The molecular formula is C14H13Br2FN2O. The van der Waals surface area contributed by atoms with Crippen molar-refractivity contribution < 1.29 is 9.18 Å². The van der Waals surface area contributed by atoms with Gasteiger partial charge in [0.25, 0.3) is 5.91 Å². The lowest BCUT2D eigenvalue weighted by atomic mass is 10.2. The molecule has 0 unspecified atom stereocenters. The Hall–Kier alpha value is -1.14. The number of hydrogen-bond acceptors (Lipinski definition) is 1. The number of carbonyl (C=O) groups is 1. The van der Waals surface area contributed by atoms with Crippen molar-refractivity contribution in [3.63, 3.8) is 0 Å². The van der Waals surface area contributed by atoms with Crippen molar-refractivity contribution >= 4 is 43.5 Å². The Bertz CT molecular complexity index is 667. The molecule has 6 heteroatoms. The van der Waals surface area contributed by atoms with Crippen LogP contribution in [-0.2, 0) is 6.54 Å². The number of benzene rings is 1. The zero-order valence-electron chi connectivity index (χ0n) is 11.0. The van der Waals surface area contributed by atoms with Gasteiger partial charge in [0.15, 0.2) is 0 Å². The molecule has 1 aromatic carbocycles. The molecule has 20 heavy (non-hydrogen) atoms. The molecule has 0 saturated heterocycles. The highest BCUT2D eigenvalue weighted by Crippen LogP contribution is 2.25. The Kier molecular flexibility index (Phi) is 4.65. The SMILES string of the molecule is CCn1cc(Br)cc1C(=O)Nc1cc(F)c(Br)cc1C. The van der Waals surface area contributed by atoms with Crippen LogP contribution >= 0.6 is 31.9 Å². The first kappa shape index (κ1) is 15.3. The summed E-state index contributed by atoms with van der Waals surface area (Å²) >= 11 is 6.47. The van der Waals surface area contributed by atoms with Gasteiger partial charge in [-0.3, -0.25) is 4.79 Å². The van der Waals surface area contributed by atoms with E-state index in [0.29, 0.717) is 22.4 Å². The Morgan fingerprint density at radius 2 is 2.05 bits per heavy atom. The zero-order valence-corrected chi connectivity index (χ0v) is 14.2. The third kappa shape index (κ3) is 3.12. The molecule has 0 aliphatic heterocycles.